The van der Waals surface area contributed by atoms with Crippen LogP contribution in [0.4, 0.5) is 0 Å². The molecule has 2 aromatic carbocycles. The second kappa shape index (κ2) is 5.02. The van der Waals surface area contributed by atoms with Crippen LogP contribution in [-0.4, -0.2) is 5.91 Å². The van der Waals surface area contributed by atoms with Gasteiger partial charge in [-0.1, -0.05) is 41.9 Å². The Morgan fingerprint density at radius 1 is 1.06 bits per heavy atom. The van der Waals surface area contributed by atoms with Gasteiger partial charge in [-0.15, -0.1) is 0 Å². The fourth-order valence-corrected chi connectivity index (χ4v) is 1.86. The summed E-state index contributed by atoms with van der Waals surface area (Å²) in [4.78, 5) is 11.3. The number of primary amides is 1. The van der Waals surface area contributed by atoms with Gasteiger partial charge in [0.05, 0.1) is 0 Å². The van der Waals surface area contributed by atoms with Crippen LogP contribution in [0.3, 0.4) is 0 Å². The summed E-state index contributed by atoms with van der Waals surface area (Å²) in [7, 11) is 0. The average molecular weight is 246 g/mol. The summed E-state index contributed by atoms with van der Waals surface area (Å²) in [6, 6.07) is 14.9. The molecular formula is C14H12ClNO. The molecule has 1 amide bonds. The van der Waals surface area contributed by atoms with E-state index >= 15 is 0 Å². The molecule has 0 saturated heterocycles. The summed E-state index contributed by atoms with van der Waals surface area (Å²) in [5, 5.41) is 0.705. The standard InChI is InChI=1S/C14H12ClNO/c15-12-7-5-10(6-8-12)9-11-3-1-2-4-13(11)14(16)17/h1-8H,9H2,(H2,16,17). The first-order valence-corrected chi connectivity index (χ1v) is 5.67. The molecule has 2 N–H and O–H groups in total. The lowest BCUT2D eigenvalue weighted by atomic mass is 9.99. The molecule has 0 atom stereocenters. The van der Waals surface area contributed by atoms with Gasteiger partial charge in [0.25, 0.3) is 0 Å². The average Bonchev–Trinajstić information content (AvgIpc) is 2.32. The van der Waals surface area contributed by atoms with Gasteiger partial charge in [-0.2, -0.15) is 0 Å². The summed E-state index contributed by atoms with van der Waals surface area (Å²) >= 11 is 5.82. The molecule has 0 spiro atoms. The molecule has 0 aliphatic heterocycles. The third kappa shape index (κ3) is 2.86. The molecule has 0 radical (unpaired) electrons. The molecular weight excluding hydrogens is 234 g/mol. The van der Waals surface area contributed by atoms with Gasteiger partial charge in [0, 0.05) is 10.6 Å². The molecule has 0 aliphatic carbocycles. The van der Waals surface area contributed by atoms with E-state index in [9.17, 15) is 4.79 Å². The number of carbonyl (C=O) groups is 1. The Labute approximate surface area is 105 Å². The summed E-state index contributed by atoms with van der Waals surface area (Å²) in [6.45, 7) is 0. The second-order valence-electron chi connectivity index (χ2n) is 3.82. The van der Waals surface area contributed by atoms with Crippen molar-refractivity contribution in [3.63, 3.8) is 0 Å². The number of hydrogen-bond acceptors (Lipinski definition) is 1. The second-order valence-corrected chi connectivity index (χ2v) is 4.26. The van der Waals surface area contributed by atoms with E-state index in [1.54, 1.807) is 6.07 Å². The Morgan fingerprint density at radius 3 is 2.35 bits per heavy atom. The van der Waals surface area contributed by atoms with E-state index in [1.165, 1.54) is 0 Å². The Kier molecular flexibility index (Phi) is 3.45. The number of carbonyl (C=O) groups excluding carboxylic acids is 1. The highest BCUT2D eigenvalue weighted by Gasteiger charge is 2.07. The van der Waals surface area contributed by atoms with Crippen LogP contribution in [0, 0.1) is 0 Å². The highest BCUT2D eigenvalue weighted by Crippen LogP contribution is 2.16. The van der Waals surface area contributed by atoms with Crippen molar-refractivity contribution in [1.29, 1.82) is 0 Å². The van der Waals surface area contributed by atoms with E-state index in [0.717, 1.165) is 11.1 Å². The third-order valence-corrected chi connectivity index (χ3v) is 2.84. The highest BCUT2D eigenvalue weighted by molar-refractivity contribution is 6.30. The predicted octanol–water partition coefficient (Wildman–Crippen LogP) is 3.03. The van der Waals surface area contributed by atoms with Crippen LogP contribution < -0.4 is 5.73 Å². The van der Waals surface area contributed by atoms with Crippen LogP contribution in [0.15, 0.2) is 48.5 Å². The summed E-state index contributed by atoms with van der Waals surface area (Å²) in [6.07, 6.45) is 0.677. The monoisotopic (exact) mass is 245 g/mol. The molecule has 2 aromatic rings. The zero-order valence-corrected chi connectivity index (χ0v) is 9.95. The van der Waals surface area contributed by atoms with E-state index in [0.29, 0.717) is 17.0 Å². The maximum atomic E-state index is 11.3. The molecule has 17 heavy (non-hydrogen) atoms. The lowest BCUT2D eigenvalue weighted by Crippen LogP contribution is -2.13. The van der Waals surface area contributed by atoms with Crippen molar-refractivity contribution in [2.45, 2.75) is 6.42 Å². The number of hydrogen-bond donors (Lipinski definition) is 1. The lowest BCUT2D eigenvalue weighted by molar-refractivity contribution is 0.0999. The minimum atomic E-state index is -0.394. The Morgan fingerprint density at radius 2 is 1.71 bits per heavy atom. The quantitative estimate of drug-likeness (QED) is 0.888. The van der Waals surface area contributed by atoms with Crippen molar-refractivity contribution < 1.29 is 4.79 Å². The molecule has 0 saturated carbocycles. The summed E-state index contributed by atoms with van der Waals surface area (Å²) in [5.41, 5.74) is 7.94. The SMILES string of the molecule is NC(=O)c1ccccc1Cc1ccc(Cl)cc1. The van der Waals surface area contributed by atoms with Gasteiger partial charge >= 0.3 is 0 Å². The van der Waals surface area contributed by atoms with Crippen LogP contribution >= 0.6 is 11.6 Å². The van der Waals surface area contributed by atoms with Crippen molar-refractivity contribution in [1.82, 2.24) is 0 Å². The maximum absolute atomic E-state index is 11.3. The Bertz CT molecular complexity index is 534. The third-order valence-electron chi connectivity index (χ3n) is 2.59. The van der Waals surface area contributed by atoms with Crippen LogP contribution in [-0.2, 0) is 6.42 Å². The number of benzene rings is 2. The van der Waals surface area contributed by atoms with E-state index in [4.69, 9.17) is 17.3 Å². The fourth-order valence-electron chi connectivity index (χ4n) is 1.74. The molecule has 0 fully saturated rings. The van der Waals surface area contributed by atoms with Crippen LogP contribution in [0.5, 0.6) is 0 Å². The first kappa shape index (κ1) is 11.7. The number of nitrogens with two attached hydrogens (primary N) is 1. The number of amides is 1. The van der Waals surface area contributed by atoms with Gasteiger partial charge in [0.1, 0.15) is 0 Å². The molecule has 2 rings (SSSR count). The van der Waals surface area contributed by atoms with Crippen LogP contribution in [0.25, 0.3) is 0 Å². The van der Waals surface area contributed by atoms with Crippen molar-refractivity contribution >= 4 is 17.5 Å². The van der Waals surface area contributed by atoms with E-state index < -0.39 is 5.91 Å². The van der Waals surface area contributed by atoms with Crippen LogP contribution in [0.1, 0.15) is 21.5 Å². The predicted molar refractivity (Wildman–Crippen MR) is 69.2 cm³/mol. The first-order chi connectivity index (χ1) is 8.16. The van der Waals surface area contributed by atoms with Gasteiger partial charge in [-0.25, -0.2) is 0 Å². The molecule has 0 heterocycles. The Balaban J connectivity index is 2.30. The molecule has 86 valence electrons. The number of halogens is 1. The fraction of sp³-hybridized carbons (Fsp3) is 0.0714. The van der Waals surface area contributed by atoms with Crippen LogP contribution in [0.2, 0.25) is 5.02 Å². The van der Waals surface area contributed by atoms with Gasteiger partial charge in [-0.05, 0) is 35.7 Å². The van der Waals surface area contributed by atoms with E-state index in [-0.39, 0.29) is 0 Å². The first-order valence-electron chi connectivity index (χ1n) is 5.29. The minimum absolute atomic E-state index is 0.394. The summed E-state index contributed by atoms with van der Waals surface area (Å²) < 4.78 is 0. The van der Waals surface area contributed by atoms with Crippen molar-refractivity contribution in [2.24, 2.45) is 5.73 Å². The van der Waals surface area contributed by atoms with E-state index in [1.807, 2.05) is 42.5 Å². The van der Waals surface area contributed by atoms with Gasteiger partial charge in [0.2, 0.25) is 5.91 Å². The zero-order valence-electron chi connectivity index (χ0n) is 9.19. The maximum Gasteiger partial charge on any atom is 0.248 e. The summed E-state index contributed by atoms with van der Waals surface area (Å²) in [5.74, 6) is -0.394. The normalized spacial score (nSPS) is 10.2. The largest absolute Gasteiger partial charge is 0.366 e. The molecule has 0 unspecified atom stereocenters. The molecule has 3 heteroatoms. The van der Waals surface area contributed by atoms with Gasteiger partial charge in [-0.3, -0.25) is 4.79 Å². The van der Waals surface area contributed by atoms with Crippen molar-refractivity contribution in [3.8, 4) is 0 Å². The molecule has 2 nitrogen and oxygen atoms in total. The number of rotatable bonds is 3. The zero-order chi connectivity index (χ0) is 12.3. The molecule has 0 bridgehead atoms. The topological polar surface area (TPSA) is 43.1 Å². The van der Waals surface area contributed by atoms with Gasteiger partial charge < -0.3 is 5.73 Å². The van der Waals surface area contributed by atoms with Crippen molar-refractivity contribution in [2.75, 3.05) is 0 Å². The lowest BCUT2D eigenvalue weighted by Gasteiger charge is -2.06. The van der Waals surface area contributed by atoms with Gasteiger partial charge in [0.15, 0.2) is 0 Å². The van der Waals surface area contributed by atoms with E-state index in [2.05, 4.69) is 0 Å². The molecule has 0 aromatic heterocycles. The highest BCUT2D eigenvalue weighted by atomic mass is 35.5. The molecule has 0 aliphatic rings. The Hall–Kier alpha value is -1.80. The van der Waals surface area contributed by atoms with Crippen molar-refractivity contribution in [3.05, 3.63) is 70.2 Å². The smallest absolute Gasteiger partial charge is 0.248 e. The minimum Gasteiger partial charge on any atom is -0.366 e.